The molecule has 0 bridgehead atoms. The van der Waals surface area contributed by atoms with Crippen molar-refractivity contribution in [2.45, 2.75) is 38.6 Å². The Bertz CT molecular complexity index is 579. The maximum Gasteiger partial charge on any atom is 0.132 e. The van der Waals surface area contributed by atoms with Crippen LogP contribution in [0.15, 0.2) is 17.5 Å². The van der Waals surface area contributed by atoms with Gasteiger partial charge in [-0.15, -0.1) is 11.3 Å². The van der Waals surface area contributed by atoms with Crippen molar-refractivity contribution in [3.63, 3.8) is 0 Å². The summed E-state index contributed by atoms with van der Waals surface area (Å²) in [5, 5.41) is 5.69. The summed E-state index contributed by atoms with van der Waals surface area (Å²) in [4.78, 5) is 10.2. The van der Waals surface area contributed by atoms with Crippen molar-refractivity contribution in [2.24, 2.45) is 0 Å². The van der Waals surface area contributed by atoms with Gasteiger partial charge in [-0.2, -0.15) is 0 Å². The van der Waals surface area contributed by atoms with Crippen LogP contribution in [-0.4, -0.2) is 9.97 Å². The lowest BCUT2D eigenvalue weighted by atomic mass is 9.94. The number of nitrogens with one attached hydrogen (secondary N) is 1. The molecule has 2 heterocycles. The lowest BCUT2D eigenvalue weighted by Crippen LogP contribution is -2.17. The maximum absolute atomic E-state index is 5.83. The first kappa shape index (κ1) is 12.4. The molecule has 3 N–H and O–H groups in total. The molecule has 2 aromatic heterocycles. The summed E-state index contributed by atoms with van der Waals surface area (Å²) in [5.74, 6) is 2.17. The molecule has 0 radical (unpaired) electrons. The molecule has 3 rings (SSSR count). The van der Waals surface area contributed by atoms with Crippen LogP contribution in [0.5, 0.6) is 0 Å². The highest BCUT2D eigenvalue weighted by Crippen LogP contribution is 2.35. The van der Waals surface area contributed by atoms with Gasteiger partial charge in [0.05, 0.1) is 6.04 Å². The van der Waals surface area contributed by atoms with Crippen LogP contribution >= 0.6 is 11.3 Å². The Hall–Kier alpha value is -1.62. The molecule has 0 spiro atoms. The molecule has 0 aromatic carbocycles. The van der Waals surface area contributed by atoms with Crippen molar-refractivity contribution in [1.82, 2.24) is 9.97 Å². The average molecular weight is 274 g/mol. The van der Waals surface area contributed by atoms with E-state index in [-0.39, 0.29) is 0 Å². The van der Waals surface area contributed by atoms with E-state index in [1.165, 1.54) is 23.3 Å². The molecule has 2 aromatic rings. The van der Waals surface area contributed by atoms with Gasteiger partial charge in [0.2, 0.25) is 0 Å². The molecule has 0 saturated heterocycles. The third kappa shape index (κ3) is 2.56. The monoisotopic (exact) mass is 274 g/mol. The fourth-order valence-electron chi connectivity index (χ4n) is 2.56. The lowest BCUT2D eigenvalue weighted by molar-refractivity contribution is 0.606. The molecule has 1 unspecified atom stereocenters. The van der Waals surface area contributed by atoms with Crippen molar-refractivity contribution >= 4 is 23.0 Å². The van der Waals surface area contributed by atoms with Crippen LogP contribution in [0.4, 0.5) is 11.6 Å². The highest BCUT2D eigenvalue weighted by Gasteiger charge is 2.21. The third-order valence-electron chi connectivity index (χ3n) is 3.48. The van der Waals surface area contributed by atoms with Crippen LogP contribution in [0.1, 0.15) is 42.1 Å². The van der Waals surface area contributed by atoms with Gasteiger partial charge in [-0.25, -0.2) is 9.97 Å². The Morgan fingerprint density at radius 1 is 1.47 bits per heavy atom. The molecule has 0 saturated carbocycles. The summed E-state index contributed by atoms with van der Waals surface area (Å²) in [6, 6.07) is 4.40. The number of nitrogen functional groups attached to an aromatic ring is 1. The second-order valence-corrected chi connectivity index (χ2v) is 5.84. The molecule has 19 heavy (non-hydrogen) atoms. The molecular weight excluding hydrogens is 256 g/mol. The van der Waals surface area contributed by atoms with Crippen molar-refractivity contribution < 1.29 is 0 Å². The average Bonchev–Trinajstić information content (AvgIpc) is 2.87. The van der Waals surface area contributed by atoms with Crippen LogP contribution in [0, 0.1) is 0 Å². The van der Waals surface area contributed by atoms with Crippen molar-refractivity contribution in [1.29, 1.82) is 0 Å². The third-order valence-corrected chi connectivity index (χ3v) is 4.48. The summed E-state index contributed by atoms with van der Waals surface area (Å²) in [7, 11) is 0. The van der Waals surface area contributed by atoms with Crippen molar-refractivity contribution in [3.8, 4) is 0 Å². The molecule has 1 aliphatic rings. The fourth-order valence-corrected chi connectivity index (χ4v) is 3.55. The number of hydrogen-bond donors (Lipinski definition) is 2. The van der Waals surface area contributed by atoms with E-state index in [9.17, 15) is 0 Å². The number of nitrogens with zero attached hydrogens (tertiary/aromatic N) is 2. The second kappa shape index (κ2) is 5.17. The summed E-state index contributed by atoms with van der Waals surface area (Å²) in [6.45, 7) is 2.04. The molecule has 4 nitrogen and oxygen atoms in total. The number of aryl methyl sites for hydroxylation is 2. The van der Waals surface area contributed by atoms with Crippen LogP contribution in [0.25, 0.3) is 0 Å². The topological polar surface area (TPSA) is 63.8 Å². The first-order valence-corrected chi connectivity index (χ1v) is 7.60. The zero-order chi connectivity index (χ0) is 13.2. The molecule has 0 amide bonds. The maximum atomic E-state index is 5.83. The van der Waals surface area contributed by atoms with E-state index in [0.29, 0.717) is 11.9 Å². The smallest absolute Gasteiger partial charge is 0.132 e. The predicted octanol–water partition coefficient (Wildman–Crippen LogP) is 3.17. The second-order valence-electron chi connectivity index (χ2n) is 4.84. The molecule has 1 atom stereocenters. The van der Waals surface area contributed by atoms with E-state index < -0.39 is 0 Å². The van der Waals surface area contributed by atoms with Crippen molar-refractivity contribution in [3.05, 3.63) is 33.8 Å². The van der Waals surface area contributed by atoms with E-state index in [0.717, 1.165) is 24.5 Å². The summed E-state index contributed by atoms with van der Waals surface area (Å²) in [5.41, 5.74) is 7.25. The standard InChI is InChI=1S/C14H18N4S/c1-2-13-17-12(15)8-14(18-13)16-10-4-3-5-11-9(10)6-7-19-11/h6-8,10H,2-5H2,1H3,(H3,15,16,17,18). The minimum atomic E-state index is 0.356. The van der Waals surface area contributed by atoms with Crippen LogP contribution in [-0.2, 0) is 12.8 Å². The van der Waals surface area contributed by atoms with E-state index in [1.54, 1.807) is 0 Å². The lowest BCUT2D eigenvalue weighted by Gasteiger charge is -2.24. The number of anilines is 2. The van der Waals surface area contributed by atoms with Gasteiger partial charge in [0.15, 0.2) is 0 Å². The summed E-state index contributed by atoms with van der Waals surface area (Å²) in [6.07, 6.45) is 4.38. The Labute approximate surface area is 117 Å². The van der Waals surface area contributed by atoms with E-state index in [1.807, 2.05) is 24.3 Å². The zero-order valence-electron chi connectivity index (χ0n) is 11.0. The number of rotatable bonds is 3. The largest absolute Gasteiger partial charge is 0.384 e. The van der Waals surface area contributed by atoms with Gasteiger partial charge < -0.3 is 11.1 Å². The normalized spacial score (nSPS) is 18.1. The van der Waals surface area contributed by atoms with Crippen LogP contribution < -0.4 is 11.1 Å². The Balaban J connectivity index is 1.85. The highest BCUT2D eigenvalue weighted by molar-refractivity contribution is 7.10. The summed E-state index contributed by atoms with van der Waals surface area (Å²) >= 11 is 1.85. The summed E-state index contributed by atoms with van der Waals surface area (Å²) < 4.78 is 0. The number of nitrogens with two attached hydrogens (primary N) is 1. The van der Waals surface area contributed by atoms with Gasteiger partial charge >= 0.3 is 0 Å². The molecule has 5 heteroatoms. The van der Waals surface area contributed by atoms with Gasteiger partial charge in [-0.3, -0.25) is 0 Å². The number of fused-ring (bicyclic) bond motifs is 1. The van der Waals surface area contributed by atoms with E-state index >= 15 is 0 Å². The minimum absolute atomic E-state index is 0.356. The highest BCUT2D eigenvalue weighted by atomic mass is 32.1. The van der Waals surface area contributed by atoms with E-state index in [2.05, 4.69) is 26.7 Å². The number of aromatic nitrogens is 2. The molecule has 0 fully saturated rings. The van der Waals surface area contributed by atoms with Crippen LogP contribution in [0.2, 0.25) is 0 Å². The first-order chi connectivity index (χ1) is 9.26. The molecular formula is C14H18N4S. The Morgan fingerprint density at radius 2 is 2.37 bits per heavy atom. The van der Waals surface area contributed by atoms with Gasteiger partial charge in [-0.1, -0.05) is 6.92 Å². The number of hydrogen-bond acceptors (Lipinski definition) is 5. The quantitative estimate of drug-likeness (QED) is 0.902. The van der Waals surface area contributed by atoms with Crippen molar-refractivity contribution in [2.75, 3.05) is 11.1 Å². The minimum Gasteiger partial charge on any atom is -0.384 e. The van der Waals surface area contributed by atoms with Gasteiger partial charge in [0, 0.05) is 17.4 Å². The molecule has 1 aliphatic carbocycles. The van der Waals surface area contributed by atoms with Gasteiger partial charge in [-0.05, 0) is 36.3 Å². The molecule has 100 valence electrons. The SMILES string of the molecule is CCc1nc(N)cc(NC2CCCc3sccc32)n1. The Morgan fingerprint density at radius 3 is 3.21 bits per heavy atom. The van der Waals surface area contributed by atoms with Gasteiger partial charge in [0.1, 0.15) is 17.5 Å². The van der Waals surface area contributed by atoms with E-state index in [4.69, 9.17) is 5.73 Å². The first-order valence-electron chi connectivity index (χ1n) is 6.72. The zero-order valence-corrected chi connectivity index (χ0v) is 11.8. The number of thiophene rings is 1. The molecule has 0 aliphatic heterocycles. The Kier molecular flexibility index (Phi) is 3.38. The fraction of sp³-hybridized carbons (Fsp3) is 0.429. The van der Waals surface area contributed by atoms with Gasteiger partial charge in [0.25, 0.3) is 0 Å². The van der Waals surface area contributed by atoms with Crippen LogP contribution in [0.3, 0.4) is 0 Å². The predicted molar refractivity (Wildman–Crippen MR) is 79.4 cm³/mol.